The Morgan fingerprint density at radius 3 is 3.12 bits per heavy atom. The largest absolute Gasteiger partial charge is 0.378 e. The van der Waals surface area contributed by atoms with Gasteiger partial charge < -0.3 is 20.4 Å². The van der Waals surface area contributed by atoms with Crippen molar-refractivity contribution in [3.8, 4) is 0 Å². The minimum atomic E-state index is -0.126. The average Bonchev–Trinajstić information content (AvgIpc) is 2.75. The molecule has 0 aliphatic carbocycles. The van der Waals surface area contributed by atoms with E-state index >= 15 is 0 Å². The molecule has 0 saturated carbocycles. The molecule has 1 aliphatic heterocycles. The monoisotopic (exact) mass is 238 g/mol. The van der Waals surface area contributed by atoms with Gasteiger partial charge in [0.2, 0.25) is 0 Å². The highest BCUT2D eigenvalue weighted by atomic mass is 16.5. The molecule has 0 bridgehead atoms. The summed E-state index contributed by atoms with van der Waals surface area (Å²) >= 11 is 0. The van der Waals surface area contributed by atoms with E-state index in [1.54, 1.807) is 7.11 Å². The van der Waals surface area contributed by atoms with Crippen LogP contribution in [0.15, 0.2) is 10.9 Å². The first-order valence-corrected chi connectivity index (χ1v) is 5.83. The summed E-state index contributed by atoms with van der Waals surface area (Å²) in [5, 5.41) is 6.47. The zero-order chi connectivity index (χ0) is 12.3. The molecule has 94 valence electrons. The maximum Gasteiger partial charge on any atom is 0.252 e. The molecule has 1 unspecified atom stereocenters. The van der Waals surface area contributed by atoms with Crippen molar-refractivity contribution in [3.63, 3.8) is 0 Å². The van der Waals surface area contributed by atoms with Gasteiger partial charge in [-0.3, -0.25) is 4.79 Å². The lowest BCUT2D eigenvalue weighted by Crippen LogP contribution is -2.34. The van der Waals surface area contributed by atoms with Gasteiger partial charge in [-0.15, -0.1) is 0 Å². The Bertz CT molecular complexity index is 432. The number of hydrogen-bond donors (Lipinski definition) is 3. The molecule has 2 rings (SSSR count). The van der Waals surface area contributed by atoms with E-state index in [2.05, 4.69) is 20.6 Å². The van der Waals surface area contributed by atoms with E-state index in [-0.39, 0.29) is 17.7 Å². The quantitative estimate of drug-likeness (QED) is 0.673. The zero-order valence-corrected chi connectivity index (χ0v) is 10.1. The number of aromatic nitrogens is 2. The second kappa shape index (κ2) is 5.29. The predicted molar refractivity (Wildman–Crippen MR) is 65.3 cm³/mol. The van der Waals surface area contributed by atoms with Gasteiger partial charge in [-0.25, -0.2) is 4.98 Å². The SMILES string of the molecule is CCc1nc(NC2CNC[C@@H]2OC)cc(=O)[nH]1. The van der Waals surface area contributed by atoms with E-state index < -0.39 is 0 Å². The predicted octanol–water partition coefficient (Wildman–Crippen LogP) is -0.269. The number of methoxy groups -OCH3 is 1. The van der Waals surface area contributed by atoms with Crippen molar-refractivity contribution in [1.29, 1.82) is 0 Å². The minimum absolute atomic E-state index is 0.112. The number of nitrogens with zero attached hydrogens (tertiary/aromatic N) is 1. The van der Waals surface area contributed by atoms with Gasteiger partial charge in [0, 0.05) is 32.7 Å². The number of aromatic amines is 1. The van der Waals surface area contributed by atoms with Gasteiger partial charge >= 0.3 is 0 Å². The average molecular weight is 238 g/mol. The third-order valence-corrected chi connectivity index (χ3v) is 2.92. The van der Waals surface area contributed by atoms with Crippen molar-refractivity contribution in [1.82, 2.24) is 15.3 Å². The third-order valence-electron chi connectivity index (χ3n) is 2.92. The first-order valence-electron chi connectivity index (χ1n) is 5.83. The normalized spacial score (nSPS) is 23.9. The summed E-state index contributed by atoms with van der Waals surface area (Å²) in [7, 11) is 1.69. The zero-order valence-electron chi connectivity index (χ0n) is 10.1. The number of H-pyrrole nitrogens is 1. The summed E-state index contributed by atoms with van der Waals surface area (Å²) in [6.45, 7) is 3.59. The molecular weight excluding hydrogens is 220 g/mol. The molecule has 1 aromatic heterocycles. The van der Waals surface area contributed by atoms with Gasteiger partial charge in [0.1, 0.15) is 11.6 Å². The minimum Gasteiger partial charge on any atom is -0.378 e. The molecule has 0 spiro atoms. The molecule has 0 aromatic carbocycles. The summed E-state index contributed by atoms with van der Waals surface area (Å²) < 4.78 is 5.34. The van der Waals surface area contributed by atoms with Gasteiger partial charge in [0.25, 0.3) is 5.56 Å². The van der Waals surface area contributed by atoms with E-state index in [1.807, 2.05) is 6.92 Å². The molecule has 1 fully saturated rings. The number of rotatable bonds is 4. The van der Waals surface area contributed by atoms with Crippen LogP contribution in [0.4, 0.5) is 5.82 Å². The van der Waals surface area contributed by atoms with Gasteiger partial charge in [0.05, 0.1) is 12.1 Å². The second-order valence-corrected chi connectivity index (χ2v) is 4.11. The van der Waals surface area contributed by atoms with Crippen molar-refractivity contribution < 1.29 is 4.74 Å². The summed E-state index contributed by atoms with van der Waals surface area (Å²) in [6.07, 6.45) is 0.822. The summed E-state index contributed by atoms with van der Waals surface area (Å²) in [4.78, 5) is 18.4. The topological polar surface area (TPSA) is 79.0 Å². The first kappa shape index (κ1) is 12.1. The van der Waals surface area contributed by atoms with Gasteiger partial charge in [0.15, 0.2) is 0 Å². The van der Waals surface area contributed by atoms with Crippen LogP contribution in [0.1, 0.15) is 12.7 Å². The molecule has 1 aromatic rings. The van der Waals surface area contributed by atoms with Crippen molar-refractivity contribution >= 4 is 5.82 Å². The summed E-state index contributed by atoms with van der Waals surface area (Å²) in [6, 6.07) is 1.63. The fraction of sp³-hybridized carbons (Fsp3) is 0.636. The van der Waals surface area contributed by atoms with Crippen LogP contribution in [-0.4, -0.2) is 42.3 Å². The smallest absolute Gasteiger partial charge is 0.252 e. The Hall–Kier alpha value is -1.40. The van der Waals surface area contributed by atoms with E-state index in [9.17, 15) is 4.79 Å². The number of nitrogens with one attached hydrogen (secondary N) is 3. The fourth-order valence-electron chi connectivity index (χ4n) is 1.99. The Labute approximate surface area is 99.8 Å². The Morgan fingerprint density at radius 1 is 1.59 bits per heavy atom. The van der Waals surface area contributed by atoms with Crippen molar-refractivity contribution in [2.75, 3.05) is 25.5 Å². The highest BCUT2D eigenvalue weighted by Gasteiger charge is 2.26. The molecule has 1 aliphatic rings. The van der Waals surface area contributed by atoms with Gasteiger partial charge in [-0.05, 0) is 0 Å². The van der Waals surface area contributed by atoms with Crippen LogP contribution in [0.3, 0.4) is 0 Å². The van der Waals surface area contributed by atoms with Crippen LogP contribution in [0.25, 0.3) is 0 Å². The van der Waals surface area contributed by atoms with Crippen LogP contribution in [-0.2, 0) is 11.2 Å². The molecule has 3 N–H and O–H groups in total. The Balaban J connectivity index is 2.12. The third kappa shape index (κ3) is 2.83. The van der Waals surface area contributed by atoms with Crippen LogP contribution in [0.2, 0.25) is 0 Å². The maximum absolute atomic E-state index is 11.4. The first-order chi connectivity index (χ1) is 8.22. The van der Waals surface area contributed by atoms with E-state index in [1.165, 1.54) is 6.07 Å². The highest BCUT2D eigenvalue weighted by molar-refractivity contribution is 5.35. The van der Waals surface area contributed by atoms with Crippen LogP contribution in [0, 0.1) is 0 Å². The number of aryl methyl sites for hydroxylation is 1. The lowest BCUT2D eigenvalue weighted by atomic mass is 10.2. The van der Waals surface area contributed by atoms with E-state index in [0.717, 1.165) is 13.1 Å². The van der Waals surface area contributed by atoms with Crippen LogP contribution >= 0.6 is 0 Å². The Kier molecular flexibility index (Phi) is 3.75. The van der Waals surface area contributed by atoms with E-state index in [4.69, 9.17) is 4.74 Å². The highest BCUT2D eigenvalue weighted by Crippen LogP contribution is 2.10. The lowest BCUT2D eigenvalue weighted by Gasteiger charge is -2.19. The molecule has 17 heavy (non-hydrogen) atoms. The van der Waals surface area contributed by atoms with Crippen molar-refractivity contribution in [2.45, 2.75) is 25.5 Å². The molecule has 0 radical (unpaired) electrons. The molecule has 2 heterocycles. The molecule has 1 saturated heterocycles. The molecule has 0 amide bonds. The van der Waals surface area contributed by atoms with E-state index in [0.29, 0.717) is 18.1 Å². The van der Waals surface area contributed by atoms with Crippen molar-refractivity contribution in [2.24, 2.45) is 0 Å². The fourth-order valence-corrected chi connectivity index (χ4v) is 1.99. The maximum atomic E-state index is 11.4. The number of anilines is 1. The van der Waals surface area contributed by atoms with Gasteiger partial charge in [-0.1, -0.05) is 6.92 Å². The standard InChI is InChI=1S/C11H18N4O2/c1-3-9-14-10(4-11(16)15-9)13-7-5-12-6-8(7)17-2/h4,7-8,12H,3,5-6H2,1-2H3,(H2,13,14,15,16)/t7?,8-/m0/s1. The lowest BCUT2D eigenvalue weighted by molar-refractivity contribution is 0.111. The molecule has 6 nitrogen and oxygen atoms in total. The van der Waals surface area contributed by atoms with Crippen LogP contribution < -0.4 is 16.2 Å². The number of ether oxygens (including phenoxy) is 1. The number of hydrogen-bond acceptors (Lipinski definition) is 5. The summed E-state index contributed by atoms with van der Waals surface area (Å²) in [5.74, 6) is 1.31. The second-order valence-electron chi connectivity index (χ2n) is 4.11. The van der Waals surface area contributed by atoms with Crippen LogP contribution in [0.5, 0.6) is 0 Å². The van der Waals surface area contributed by atoms with Gasteiger partial charge in [-0.2, -0.15) is 0 Å². The summed E-state index contributed by atoms with van der Waals surface area (Å²) in [5.41, 5.74) is -0.126. The Morgan fingerprint density at radius 2 is 2.41 bits per heavy atom. The molecular formula is C11H18N4O2. The molecule has 2 atom stereocenters. The molecule has 6 heteroatoms. The van der Waals surface area contributed by atoms with Crippen molar-refractivity contribution in [3.05, 3.63) is 22.2 Å².